The minimum atomic E-state index is -0.338. The summed E-state index contributed by atoms with van der Waals surface area (Å²) in [7, 11) is 3.62. The Hall–Kier alpha value is -3.23. The van der Waals surface area contributed by atoms with Gasteiger partial charge in [0.25, 0.3) is 11.5 Å². The molecule has 2 N–H and O–H groups in total. The van der Waals surface area contributed by atoms with Crippen LogP contribution >= 0.6 is 0 Å². The molecule has 1 amide bonds. The number of nitrogens with zero attached hydrogens (tertiary/aromatic N) is 3. The number of aromatic hydroxyl groups is 1. The van der Waals surface area contributed by atoms with Crippen molar-refractivity contribution < 1.29 is 14.6 Å². The Labute approximate surface area is 173 Å². The molecule has 0 unspecified atom stereocenters. The molecule has 0 bridgehead atoms. The number of aromatic amines is 1. The van der Waals surface area contributed by atoms with Crippen LogP contribution in [0.3, 0.4) is 0 Å². The molecule has 1 aliphatic heterocycles. The zero-order valence-corrected chi connectivity index (χ0v) is 17.0. The summed E-state index contributed by atoms with van der Waals surface area (Å²) < 4.78 is 5.41. The van der Waals surface area contributed by atoms with Crippen molar-refractivity contribution in [3.63, 3.8) is 0 Å². The normalized spacial score (nSPS) is 14.9. The van der Waals surface area contributed by atoms with E-state index in [4.69, 9.17) is 4.74 Å². The molecule has 0 saturated carbocycles. The van der Waals surface area contributed by atoms with Crippen molar-refractivity contribution in [1.29, 1.82) is 0 Å². The van der Waals surface area contributed by atoms with Crippen LogP contribution < -0.4 is 5.56 Å². The van der Waals surface area contributed by atoms with E-state index in [-0.39, 0.29) is 34.7 Å². The Balaban J connectivity index is 1.82. The lowest BCUT2D eigenvalue weighted by atomic mass is 9.94. The van der Waals surface area contributed by atoms with E-state index in [9.17, 15) is 14.7 Å². The monoisotopic (exact) mass is 408 g/mol. The predicted molar refractivity (Wildman–Crippen MR) is 114 cm³/mol. The minimum Gasteiger partial charge on any atom is -0.506 e. The zero-order valence-electron chi connectivity index (χ0n) is 17.0. The standard InChI is InChI=1S/C22H24N4O4/c1-25-6-8-26(9-7-25)22(29)16-5-3-4-15(18(16)12-30-2)14-10-17-20(19(27)11-14)23-13-24-21(17)28/h3-5,10-11,13,27H,6-9,12H2,1-2H3,(H,23,24,28). The second-order valence-corrected chi connectivity index (χ2v) is 7.48. The second-order valence-electron chi connectivity index (χ2n) is 7.48. The van der Waals surface area contributed by atoms with Gasteiger partial charge < -0.3 is 24.6 Å². The van der Waals surface area contributed by atoms with Gasteiger partial charge in [-0.3, -0.25) is 9.59 Å². The molecule has 30 heavy (non-hydrogen) atoms. The minimum absolute atomic E-state index is 0.0403. The predicted octanol–water partition coefficient (Wildman–Crippen LogP) is 1.83. The number of rotatable bonds is 4. The van der Waals surface area contributed by atoms with Crippen LogP contribution in [-0.4, -0.2) is 71.1 Å². The fourth-order valence-electron chi connectivity index (χ4n) is 3.85. The number of hydrogen-bond acceptors (Lipinski definition) is 6. The number of benzene rings is 2. The van der Waals surface area contributed by atoms with Crippen LogP contribution in [0.4, 0.5) is 0 Å². The lowest BCUT2D eigenvalue weighted by Crippen LogP contribution is -2.47. The van der Waals surface area contributed by atoms with E-state index >= 15 is 0 Å². The summed E-state index contributed by atoms with van der Waals surface area (Å²) in [5.41, 5.74) is 2.55. The Kier molecular flexibility index (Phi) is 5.52. The molecule has 1 saturated heterocycles. The number of H-pyrrole nitrogens is 1. The van der Waals surface area contributed by atoms with E-state index in [1.165, 1.54) is 6.33 Å². The van der Waals surface area contributed by atoms with Crippen LogP contribution in [-0.2, 0) is 11.3 Å². The van der Waals surface area contributed by atoms with E-state index < -0.39 is 0 Å². The summed E-state index contributed by atoms with van der Waals surface area (Å²) in [6, 6.07) is 8.72. The van der Waals surface area contributed by atoms with Gasteiger partial charge in [0, 0.05) is 38.9 Å². The van der Waals surface area contributed by atoms with Crippen molar-refractivity contribution in [1.82, 2.24) is 19.8 Å². The third-order valence-electron chi connectivity index (χ3n) is 5.52. The van der Waals surface area contributed by atoms with Crippen molar-refractivity contribution in [2.75, 3.05) is 40.3 Å². The number of aromatic nitrogens is 2. The fraction of sp³-hybridized carbons (Fsp3) is 0.318. The van der Waals surface area contributed by atoms with Gasteiger partial charge in [-0.2, -0.15) is 0 Å². The second kappa shape index (κ2) is 8.25. The Morgan fingerprint density at radius 1 is 1.23 bits per heavy atom. The molecule has 0 aliphatic carbocycles. The van der Waals surface area contributed by atoms with E-state index in [1.807, 2.05) is 24.1 Å². The highest BCUT2D eigenvalue weighted by atomic mass is 16.5. The number of nitrogens with one attached hydrogen (secondary N) is 1. The number of fused-ring (bicyclic) bond motifs is 1. The smallest absolute Gasteiger partial charge is 0.258 e. The summed E-state index contributed by atoms with van der Waals surface area (Å²) in [5, 5.41) is 10.7. The molecular weight excluding hydrogens is 384 g/mol. The van der Waals surface area contributed by atoms with Gasteiger partial charge in [0.05, 0.1) is 18.3 Å². The fourth-order valence-corrected chi connectivity index (χ4v) is 3.85. The molecule has 1 fully saturated rings. The summed E-state index contributed by atoms with van der Waals surface area (Å²) in [4.78, 5) is 36.1. The third-order valence-corrected chi connectivity index (χ3v) is 5.52. The highest BCUT2D eigenvalue weighted by Gasteiger charge is 2.24. The van der Waals surface area contributed by atoms with Gasteiger partial charge in [-0.1, -0.05) is 12.1 Å². The van der Waals surface area contributed by atoms with E-state index in [0.717, 1.165) is 24.2 Å². The first-order valence-electron chi connectivity index (χ1n) is 9.79. The lowest BCUT2D eigenvalue weighted by molar-refractivity contribution is 0.0659. The maximum atomic E-state index is 13.3. The molecule has 8 nitrogen and oxygen atoms in total. The molecule has 0 spiro atoms. The van der Waals surface area contributed by atoms with Gasteiger partial charge in [0.1, 0.15) is 11.3 Å². The average Bonchev–Trinajstić information content (AvgIpc) is 2.75. The SMILES string of the molecule is COCc1c(C(=O)N2CCN(C)CC2)cccc1-c1cc(O)c2nc[nH]c(=O)c2c1. The maximum absolute atomic E-state index is 13.3. The van der Waals surface area contributed by atoms with Crippen LogP contribution in [0.2, 0.25) is 0 Å². The number of phenols is 1. The van der Waals surface area contributed by atoms with Gasteiger partial charge in [-0.05, 0) is 41.9 Å². The zero-order chi connectivity index (χ0) is 21.3. The highest BCUT2D eigenvalue weighted by molar-refractivity contribution is 5.98. The molecular formula is C22H24N4O4. The van der Waals surface area contributed by atoms with Crippen LogP contribution in [0, 0.1) is 0 Å². The molecule has 8 heteroatoms. The number of phenolic OH excluding ortho intramolecular Hbond substituents is 1. The first-order valence-corrected chi connectivity index (χ1v) is 9.79. The molecule has 0 radical (unpaired) electrons. The number of carbonyl (C=O) groups is 1. The lowest BCUT2D eigenvalue weighted by Gasteiger charge is -2.33. The Morgan fingerprint density at radius 3 is 2.73 bits per heavy atom. The van der Waals surface area contributed by atoms with Gasteiger partial charge in [0.15, 0.2) is 0 Å². The summed E-state index contributed by atoms with van der Waals surface area (Å²) in [6.07, 6.45) is 1.26. The van der Waals surface area contributed by atoms with Crippen LogP contribution in [0.1, 0.15) is 15.9 Å². The van der Waals surface area contributed by atoms with Crippen molar-refractivity contribution in [2.45, 2.75) is 6.61 Å². The number of methoxy groups -OCH3 is 1. The maximum Gasteiger partial charge on any atom is 0.258 e. The van der Waals surface area contributed by atoms with Gasteiger partial charge >= 0.3 is 0 Å². The number of ether oxygens (including phenoxy) is 1. The number of carbonyl (C=O) groups excluding carboxylic acids is 1. The molecule has 156 valence electrons. The summed E-state index contributed by atoms with van der Waals surface area (Å²) >= 11 is 0. The quantitative estimate of drug-likeness (QED) is 0.683. The largest absolute Gasteiger partial charge is 0.506 e. The molecule has 3 aromatic rings. The first kappa shape index (κ1) is 20.1. The van der Waals surface area contributed by atoms with Crippen LogP contribution in [0.15, 0.2) is 41.5 Å². The molecule has 4 rings (SSSR count). The number of piperazine rings is 1. The molecule has 1 aliphatic rings. The molecule has 0 atom stereocenters. The average molecular weight is 408 g/mol. The van der Waals surface area contributed by atoms with E-state index in [2.05, 4.69) is 14.9 Å². The van der Waals surface area contributed by atoms with Crippen molar-refractivity contribution in [2.24, 2.45) is 0 Å². The van der Waals surface area contributed by atoms with Gasteiger partial charge in [0.2, 0.25) is 0 Å². The number of hydrogen-bond donors (Lipinski definition) is 2. The molecule has 2 heterocycles. The van der Waals surface area contributed by atoms with Gasteiger partial charge in [-0.15, -0.1) is 0 Å². The van der Waals surface area contributed by atoms with Crippen molar-refractivity contribution in [3.05, 3.63) is 58.1 Å². The molecule has 1 aromatic heterocycles. The van der Waals surface area contributed by atoms with Crippen molar-refractivity contribution in [3.8, 4) is 16.9 Å². The number of amides is 1. The third kappa shape index (κ3) is 3.67. The van der Waals surface area contributed by atoms with Crippen LogP contribution in [0.5, 0.6) is 5.75 Å². The Morgan fingerprint density at radius 2 is 2.00 bits per heavy atom. The first-order chi connectivity index (χ1) is 14.5. The number of likely N-dealkylation sites (N-methyl/N-ethyl adjacent to an activating group) is 1. The topological polar surface area (TPSA) is 98.8 Å². The summed E-state index contributed by atoms with van der Waals surface area (Å²) in [6.45, 7) is 3.24. The van der Waals surface area contributed by atoms with Crippen molar-refractivity contribution >= 4 is 16.8 Å². The van der Waals surface area contributed by atoms with E-state index in [0.29, 0.717) is 24.2 Å². The van der Waals surface area contributed by atoms with E-state index in [1.54, 1.807) is 25.3 Å². The van der Waals surface area contributed by atoms with Gasteiger partial charge in [-0.25, -0.2) is 4.98 Å². The summed E-state index contributed by atoms with van der Waals surface area (Å²) in [5.74, 6) is -0.130. The highest BCUT2D eigenvalue weighted by Crippen LogP contribution is 2.33. The molecule has 2 aromatic carbocycles. The Bertz CT molecular complexity index is 1150. The van der Waals surface area contributed by atoms with Crippen LogP contribution in [0.25, 0.3) is 22.0 Å².